The summed E-state index contributed by atoms with van der Waals surface area (Å²) in [6.45, 7) is 2.84. The van der Waals surface area contributed by atoms with Gasteiger partial charge in [0, 0.05) is 10.6 Å². The molecule has 0 saturated carbocycles. The highest BCUT2D eigenvalue weighted by molar-refractivity contribution is 6.30. The Morgan fingerprint density at radius 2 is 1.84 bits per heavy atom. The number of halogens is 1. The molecule has 1 aromatic heterocycles. The Balaban J connectivity index is 1.48. The Morgan fingerprint density at radius 3 is 2.56 bits per heavy atom. The lowest BCUT2D eigenvalue weighted by molar-refractivity contribution is 0.0165. The molecule has 130 valence electrons. The van der Waals surface area contributed by atoms with E-state index in [1.807, 2.05) is 55.5 Å². The molecule has 0 saturated heterocycles. The normalized spacial score (nSPS) is 12.3. The number of aliphatic hydroxyl groups is 1. The summed E-state index contributed by atoms with van der Waals surface area (Å²) in [5, 5.41) is 23.0. The number of aliphatic hydroxyl groups excluding tert-OH is 1. The summed E-state index contributed by atoms with van der Waals surface area (Å²) < 4.78 is 5.52. The van der Waals surface area contributed by atoms with Crippen molar-refractivity contribution in [2.45, 2.75) is 26.2 Å². The number of ether oxygens (including phenoxy) is 1. The van der Waals surface area contributed by atoms with Crippen molar-refractivity contribution in [3.63, 3.8) is 0 Å². The lowest BCUT2D eigenvalue weighted by atomic mass is 10.1. The molecule has 0 spiro atoms. The van der Waals surface area contributed by atoms with E-state index in [9.17, 15) is 5.11 Å². The molecule has 0 aliphatic carbocycles. The van der Waals surface area contributed by atoms with Gasteiger partial charge in [-0.15, -0.1) is 10.2 Å². The minimum absolute atomic E-state index is 0.185. The molecule has 0 fully saturated rings. The summed E-state index contributed by atoms with van der Waals surface area (Å²) in [6.07, 6.45) is -0.715. The molecule has 1 N–H and O–H groups in total. The molecular weight excluding hydrogens is 340 g/mol. The molecule has 0 aliphatic heterocycles. The van der Waals surface area contributed by atoms with Gasteiger partial charge < -0.3 is 9.84 Å². The third-order valence-electron chi connectivity index (χ3n) is 3.63. The molecule has 3 aromatic rings. The van der Waals surface area contributed by atoms with Crippen LogP contribution in [-0.4, -0.2) is 38.0 Å². The van der Waals surface area contributed by atoms with Crippen LogP contribution in [0.1, 0.15) is 11.1 Å². The summed E-state index contributed by atoms with van der Waals surface area (Å²) in [4.78, 5) is 1.38. The van der Waals surface area contributed by atoms with Gasteiger partial charge in [-0.1, -0.05) is 53.6 Å². The van der Waals surface area contributed by atoms with E-state index in [2.05, 4.69) is 15.4 Å². The van der Waals surface area contributed by atoms with Crippen LogP contribution in [-0.2, 0) is 17.9 Å². The Labute approximate surface area is 151 Å². The molecular formula is C18H19ClN4O2. The summed E-state index contributed by atoms with van der Waals surface area (Å²) in [7, 11) is 0. The van der Waals surface area contributed by atoms with Gasteiger partial charge in [0.1, 0.15) is 0 Å². The van der Waals surface area contributed by atoms with Crippen molar-refractivity contribution in [1.29, 1.82) is 0 Å². The van der Waals surface area contributed by atoms with Crippen molar-refractivity contribution in [1.82, 2.24) is 20.2 Å². The van der Waals surface area contributed by atoms with Crippen molar-refractivity contribution >= 4 is 11.6 Å². The standard InChI is InChI=1S/C18H19ClN4O2/c1-13-2-6-15(7-3-13)18-20-22-23(21-18)10-17(24)12-25-11-14-4-8-16(19)9-5-14/h2-9,17,24H,10-12H2,1H3. The molecule has 6 nitrogen and oxygen atoms in total. The largest absolute Gasteiger partial charge is 0.389 e. The Bertz CT molecular complexity index is 803. The maximum atomic E-state index is 10.1. The molecule has 0 bridgehead atoms. The minimum atomic E-state index is -0.715. The zero-order chi connectivity index (χ0) is 17.6. The molecule has 0 radical (unpaired) electrons. The van der Waals surface area contributed by atoms with Gasteiger partial charge in [0.15, 0.2) is 0 Å². The fourth-order valence-corrected chi connectivity index (χ4v) is 2.40. The number of hydrogen-bond donors (Lipinski definition) is 1. The first kappa shape index (κ1) is 17.5. The van der Waals surface area contributed by atoms with Crippen molar-refractivity contribution in [2.24, 2.45) is 0 Å². The first-order valence-corrected chi connectivity index (χ1v) is 8.33. The average molecular weight is 359 g/mol. The quantitative estimate of drug-likeness (QED) is 0.703. The van der Waals surface area contributed by atoms with Crippen molar-refractivity contribution in [3.05, 3.63) is 64.7 Å². The second-order valence-electron chi connectivity index (χ2n) is 5.83. The van der Waals surface area contributed by atoms with Gasteiger partial charge >= 0.3 is 0 Å². The number of aromatic nitrogens is 4. The average Bonchev–Trinajstić information content (AvgIpc) is 3.06. The minimum Gasteiger partial charge on any atom is -0.389 e. The van der Waals surface area contributed by atoms with Crippen molar-refractivity contribution < 1.29 is 9.84 Å². The summed E-state index contributed by atoms with van der Waals surface area (Å²) >= 11 is 5.84. The maximum Gasteiger partial charge on any atom is 0.204 e. The van der Waals surface area contributed by atoms with E-state index >= 15 is 0 Å². The Hall–Kier alpha value is -2.28. The number of nitrogens with zero attached hydrogens (tertiary/aromatic N) is 4. The number of rotatable bonds is 7. The van der Waals surface area contributed by atoms with Gasteiger partial charge in [0.25, 0.3) is 0 Å². The van der Waals surface area contributed by atoms with E-state index < -0.39 is 6.10 Å². The first-order chi connectivity index (χ1) is 12.1. The first-order valence-electron chi connectivity index (χ1n) is 7.95. The molecule has 25 heavy (non-hydrogen) atoms. The van der Waals surface area contributed by atoms with Crippen molar-refractivity contribution in [3.8, 4) is 11.4 Å². The van der Waals surface area contributed by atoms with Crippen LogP contribution in [0.2, 0.25) is 5.02 Å². The van der Waals surface area contributed by atoms with E-state index in [0.29, 0.717) is 17.5 Å². The van der Waals surface area contributed by atoms with Crippen LogP contribution in [0, 0.1) is 6.92 Å². The van der Waals surface area contributed by atoms with E-state index in [-0.39, 0.29) is 13.2 Å². The molecule has 1 unspecified atom stereocenters. The predicted molar refractivity (Wildman–Crippen MR) is 95.1 cm³/mol. The second-order valence-corrected chi connectivity index (χ2v) is 6.27. The van der Waals surface area contributed by atoms with E-state index in [1.165, 1.54) is 10.4 Å². The third-order valence-corrected chi connectivity index (χ3v) is 3.88. The lowest BCUT2D eigenvalue weighted by Gasteiger charge is -2.10. The van der Waals surface area contributed by atoms with Gasteiger partial charge in [-0.05, 0) is 29.8 Å². The van der Waals surface area contributed by atoms with Gasteiger partial charge in [0.2, 0.25) is 5.82 Å². The predicted octanol–water partition coefficient (Wildman–Crippen LogP) is 2.88. The second kappa shape index (κ2) is 8.20. The smallest absolute Gasteiger partial charge is 0.204 e. The van der Waals surface area contributed by atoms with Crippen LogP contribution >= 0.6 is 11.6 Å². The highest BCUT2D eigenvalue weighted by Gasteiger charge is 2.10. The van der Waals surface area contributed by atoms with Gasteiger partial charge in [-0.25, -0.2) is 0 Å². The van der Waals surface area contributed by atoms with E-state index in [4.69, 9.17) is 16.3 Å². The Morgan fingerprint density at radius 1 is 1.12 bits per heavy atom. The highest BCUT2D eigenvalue weighted by Crippen LogP contribution is 2.14. The third kappa shape index (κ3) is 5.09. The zero-order valence-electron chi connectivity index (χ0n) is 13.8. The molecule has 1 heterocycles. The van der Waals surface area contributed by atoms with Crippen molar-refractivity contribution in [2.75, 3.05) is 6.61 Å². The van der Waals surface area contributed by atoms with Gasteiger partial charge in [0.05, 0.1) is 25.9 Å². The summed E-state index contributed by atoms with van der Waals surface area (Å²) in [6, 6.07) is 15.3. The molecule has 7 heteroatoms. The van der Waals surface area contributed by atoms with Crippen LogP contribution in [0.25, 0.3) is 11.4 Å². The SMILES string of the molecule is Cc1ccc(-c2nnn(CC(O)COCc3ccc(Cl)cc3)n2)cc1. The van der Waals surface area contributed by atoms with Gasteiger partial charge in [-0.2, -0.15) is 4.80 Å². The molecule has 3 rings (SSSR count). The summed E-state index contributed by atoms with van der Waals surface area (Å²) in [5.41, 5.74) is 3.06. The lowest BCUT2D eigenvalue weighted by Crippen LogP contribution is -2.23. The van der Waals surface area contributed by atoms with Gasteiger partial charge in [-0.3, -0.25) is 0 Å². The molecule has 0 amide bonds. The molecule has 2 aromatic carbocycles. The van der Waals surface area contributed by atoms with Crippen LogP contribution in [0.4, 0.5) is 0 Å². The number of hydrogen-bond acceptors (Lipinski definition) is 5. The topological polar surface area (TPSA) is 73.1 Å². The Kier molecular flexibility index (Phi) is 5.75. The fourth-order valence-electron chi connectivity index (χ4n) is 2.27. The zero-order valence-corrected chi connectivity index (χ0v) is 14.6. The van der Waals surface area contributed by atoms with Crippen LogP contribution in [0.15, 0.2) is 48.5 Å². The van der Waals surface area contributed by atoms with Crippen LogP contribution in [0.3, 0.4) is 0 Å². The monoisotopic (exact) mass is 358 g/mol. The molecule has 0 aliphatic rings. The van der Waals surface area contributed by atoms with Crippen LogP contribution < -0.4 is 0 Å². The summed E-state index contributed by atoms with van der Waals surface area (Å²) in [5.74, 6) is 0.536. The van der Waals surface area contributed by atoms with E-state index in [1.54, 1.807) is 0 Å². The fraction of sp³-hybridized carbons (Fsp3) is 0.278. The molecule has 1 atom stereocenters. The van der Waals surface area contributed by atoms with Crippen LogP contribution in [0.5, 0.6) is 0 Å². The number of tetrazole rings is 1. The maximum absolute atomic E-state index is 10.1. The highest BCUT2D eigenvalue weighted by atomic mass is 35.5. The van der Waals surface area contributed by atoms with E-state index in [0.717, 1.165) is 11.1 Å². The number of benzene rings is 2. The number of aryl methyl sites for hydroxylation is 1.